The van der Waals surface area contributed by atoms with E-state index < -0.39 is 10.3 Å². The van der Waals surface area contributed by atoms with E-state index in [2.05, 4.69) is 24.9 Å². The molecular formula is C20H19ClN6O4S. The van der Waals surface area contributed by atoms with Gasteiger partial charge >= 0.3 is 10.3 Å². The quantitative estimate of drug-likeness (QED) is 0.433. The smallest absolute Gasteiger partial charge is 0.333 e. The van der Waals surface area contributed by atoms with Crippen LogP contribution in [0.1, 0.15) is 19.3 Å². The lowest BCUT2D eigenvalue weighted by atomic mass is 10.1. The van der Waals surface area contributed by atoms with Gasteiger partial charge in [0.05, 0.1) is 12.1 Å². The second-order valence-electron chi connectivity index (χ2n) is 7.68. The maximum absolute atomic E-state index is 11.0. The van der Waals surface area contributed by atoms with Gasteiger partial charge in [0.15, 0.2) is 5.65 Å². The number of fused-ring (bicyclic) bond motifs is 2. The second-order valence-corrected chi connectivity index (χ2v) is 9.34. The lowest BCUT2D eigenvalue weighted by Crippen LogP contribution is -2.20. The van der Waals surface area contributed by atoms with Crippen LogP contribution in [0.3, 0.4) is 0 Å². The van der Waals surface area contributed by atoms with Crippen molar-refractivity contribution in [3.05, 3.63) is 41.8 Å². The van der Waals surface area contributed by atoms with E-state index in [4.69, 9.17) is 25.7 Å². The number of nitrogens with zero attached hydrogens (tertiary/aromatic N) is 4. The van der Waals surface area contributed by atoms with Gasteiger partial charge in [-0.2, -0.15) is 13.4 Å². The van der Waals surface area contributed by atoms with Gasteiger partial charge in [-0.3, -0.25) is 9.17 Å². The third-order valence-electron chi connectivity index (χ3n) is 5.45. The highest BCUT2D eigenvalue weighted by Gasteiger charge is 2.28. The molecule has 2 atom stereocenters. The minimum Gasteiger partial charge on any atom is -0.473 e. The Labute approximate surface area is 188 Å². The van der Waals surface area contributed by atoms with Crippen molar-refractivity contribution in [2.75, 3.05) is 6.61 Å². The van der Waals surface area contributed by atoms with Crippen LogP contribution in [0, 0.1) is 5.92 Å². The standard InChI is InChI=1S/C20H19ClN6O4S/c21-12-2-4-14-15(5-6-23-16(14)8-12)18-26-17-19(27-18)24-10-25-20(17)31-13-3-1-11(7-13)9-30-32(22,28)29/h2,4-6,8,10-11,13H,1,3,7,9H2,(H2,22,28,29)(H,24,25,26,27)/t11-,13-/m0/s1. The van der Waals surface area contributed by atoms with Crippen molar-refractivity contribution < 1.29 is 17.3 Å². The normalized spacial score (nSPS) is 19.1. The number of nitrogens with one attached hydrogen (secondary N) is 1. The lowest BCUT2D eigenvalue weighted by Gasteiger charge is -2.13. The van der Waals surface area contributed by atoms with Crippen LogP contribution < -0.4 is 9.88 Å². The number of aromatic amines is 1. The molecule has 10 nitrogen and oxygen atoms in total. The van der Waals surface area contributed by atoms with Gasteiger partial charge in [-0.25, -0.2) is 15.1 Å². The Morgan fingerprint density at radius 3 is 2.91 bits per heavy atom. The fraction of sp³-hybridized carbons (Fsp3) is 0.300. The maximum atomic E-state index is 11.0. The van der Waals surface area contributed by atoms with E-state index >= 15 is 0 Å². The van der Waals surface area contributed by atoms with Crippen LogP contribution in [0.5, 0.6) is 5.88 Å². The summed E-state index contributed by atoms with van der Waals surface area (Å²) in [6.07, 6.45) is 5.14. The highest BCUT2D eigenvalue weighted by atomic mass is 35.5. The Hall–Kier alpha value is -2.86. The molecule has 166 valence electrons. The Morgan fingerprint density at radius 1 is 1.19 bits per heavy atom. The molecule has 1 aliphatic carbocycles. The number of ether oxygens (including phenoxy) is 1. The molecule has 5 rings (SSSR count). The first-order valence-electron chi connectivity index (χ1n) is 9.95. The SMILES string of the molecule is NS(=O)(=O)OC[C@H]1CC[C@H](Oc2ncnc3nc(-c4ccnc5cc(Cl)ccc45)[nH]c23)C1. The molecule has 12 heteroatoms. The topological polar surface area (TPSA) is 146 Å². The van der Waals surface area contributed by atoms with Crippen LogP contribution in [0.4, 0.5) is 0 Å². The summed E-state index contributed by atoms with van der Waals surface area (Å²) in [5.74, 6) is 1.06. The van der Waals surface area contributed by atoms with E-state index in [-0.39, 0.29) is 18.6 Å². The number of halogens is 1. The fourth-order valence-electron chi connectivity index (χ4n) is 3.99. The third kappa shape index (κ3) is 4.37. The average molecular weight is 475 g/mol. The average Bonchev–Trinajstić information content (AvgIpc) is 3.38. The van der Waals surface area contributed by atoms with Crippen LogP contribution >= 0.6 is 11.6 Å². The first-order valence-corrected chi connectivity index (χ1v) is 11.8. The molecule has 3 aromatic heterocycles. The number of hydrogen-bond donors (Lipinski definition) is 2. The number of benzene rings is 1. The van der Waals surface area contributed by atoms with Crippen molar-refractivity contribution in [1.82, 2.24) is 24.9 Å². The number of aromatic nitrogens is 5. The molecule has 3 heterocycles. The maximum Gasteiger partial charge on any atom is 0.333 e. The summed E-state index contributed by atoms with van der Waals surface area (Å²) in [6, 6.07) is 7.38. The minimum atomic E-state index is -3.94. The first-order chi connectivity index (χ1) is 15.4. The summed E-state index contributed by atoms with van der Waals surface area (Å²) in [7, 11) is -3.94. The van der Waals surface area contributed by atoms with E-state index in [9.17, 15) is 8.42 Å². The van der Waals surface area contributed by atoms with E-state index in [0.717, 1.165) is 29.3 Å². The fourth-order valence-corrected chi connectivity index (χ4v) is 4.54. The van der Waals surface area contributed by atoms with Crippen LogP contribution in [0.25, 0.3) is 33.5 Å². The third-order valence-corrected chi connectivity index (χ3v) is 6.15. The number of rotatable bonds is 6. The molecule has 1 fully saturated rings. The van der Waals surface area contributed by atoms with Crippen LogP contribution in [-0.2, 0) is 14.5 Å². The molecular weight excluding hydrogens is 456 g/mol. The minimum absolute atomic E-state index is 0.0444. The van der Waals surface area contributed by atoms with Crippen molar-refractivity contribution in [3.63, 3.8) is 0 Å². The summed E-state index contributed by atoms with van der Waals surface area (Å²) in [5.41, 5.74) is 2.69. The molecule has 0 aliphatic heterocycles. The van der Waals surface area contributed by atoms with E-state index in [0.29, 0.717) is 34.3 Å². The van der Waals surface area contributed by atoms with Crippen molar-refractivity contribution in [2.24, 2.45) is 11.1 Å². The molecule has 0 unspecified atom stereocenters. The summed E-state index contributed by atoms with van der Waals surface area (Å²) >= 11 is 6.09. The molecule has 0 radical (unpaired) electrons. The first kappa shape index (κ1) is 21.0. The van der Waals surface area contributed by atoms with Crippen molar-refractivity contribution in [1.29, 1.82) is 0 Å². The number of H-pyrrole nitrogens is 1. The van der Waals surface area contributed by atoms with Gasteiger partial charge in [-0.15, -0.1) is 0 Å². The van der Waals surface area contributed by atoms with Crippen LogP contribution in [0.2, 0.25) is 5.02 Å². The molecule has 1 saturated carbocycles. The van der Waals surface area contributed by atoms with Gasteiger partial charge < -0.3 is 9.72 Å². The summed E-state index contributed by atoms with van der Waals surface area (Å²) in [4.78, 5) is 20.8. The van der Waals surface area contributed by atoms with Crippen molar-refractivity contribution in [3.8, 4) is 17.3 Å². The molecule has 0 amide bonds. The zero-order valence-electron chi connectivity index (χ0n) is 16.7. The Bertz CT molecular complexity index is 1410. The molecule has 1 aliphatic rings. The van der Waals surface area contributed by atoms with Gasteiger partial charge in [0.1, 0.15) is 23.8 Å². The number of hydrogen-bond acceptors (Lipinski definition) is 8. The van der Waals surface area contributed by atoms with Gasteiger partial charge in [-0.05, 0) is 43.4 Å². The van der Waals surface area contributed by atoms with Gasteiger partial charge in [0.25, 0.3) is 0 Å². The Balaban J connectivity index is 1.40. The zero-order chi connectivity index (χ0) is 22.3. The Kier molecular flexibility index (Phi) is 5.41. The van der Waals surface area contributed by atoms with Crippen LogP contribution in [-0.4, -0.2) is 46.0 Å². The lowest BCUT2D eigenvalue weighted by molar-refractivity contribution is 0.186. The summed E-state index contributed by atoms with van der Waals surface area (Å²) in [5, 5.41) is 6.42. The second kappa shape index (κ2) is 8.24. The Morgan fingerprint density at radius 2 is 2.06 bits per heavy atom. The summed E-state index contributed by atoms with van der Waals surface area (Å²) < 4.78 is 32.9. The summed E-state index contributed by atoms with van der Waals surface area (Å²) in [6.45, 7) is 0.0468. The predicted molar refractivity (Wildman–Crippen MR) is 118 cm³/mol. The number of imidazole rings is 1. The largest absolute Gasteiger partial charge is 0.473 e. The molecule has 0 bridgehead atoms. The number of nitrogens with two attached hydrogens (primary N) is 1. The monoisotopic (exact) mass is 474 g/mol. The number of pyridine rings is 1. The molecule has 0 saturated heterocycles. The van der Waals surface area contributed by atoms with E-state index in [1.165, 1.54) is 6.33 Å². The van der Waals surface area contributed by atoms with E-state index in [1.54, 1.807) is 12.3 Å². The highest BCUT2D eigenvalue weighted by molar-refractivity contribution is 7.84. The molecule has 32 heavy (non-hydrogen) atoms. The van der Waals surface area contributed by atoms with Crippen LogP contribution in [0.15, 0.2) is 36.8 Å². The van der Waals surface area contributed by atoms with Crippen molar-refractivity contribution in [2.45, 2.75) is 25.4 Å². The van der Waals surface area contributed by atoms with Gasteiger partial charge in [0.2, 0.25) is 5.88 Å². The highest BCUT2D eigenvalue weighted by Crippen LogP contribution is 2.33. The zero-order valence-corrected chi connectivity index (χ0v) is 18.3. The molecule has 1 aromatic carbocycles. The molecule has 0 spiro atoms. The van der Waals surface area contributed by atoms with Gasteiger partial charge in [0, 0.05) is 22.2 Å². The van der Waals surface area contributed by atoms with Crippen molar-refractivity contribution >= 4 is 44.0 Å². The van der Waals surface area contributed by atoms with Gasteiger partial charge in [-0.1, -0.05) is 17.7 Å². The predicted octanol–water partition coefficient (Wildman–Crippen LogP) is 2.99. The molecule has 3 N–H and O–H groups in total. The molecule has 4 aromatic rings. The van der Waals surface area contributed by atoms with E-state index in [1.807, 2.05) is 18.2 Å².